The van der Waals surface area contributed by atoms with E-state index >= 15 is 0 Å². The lowest BCUT2D eigenvalue weighted by atomic mass is 10.1. The first-order chi connectivity index (χ1) is 17.2. The van der Waals surface area contributed by atoms with Crippen LogP contribution >= 0.6 is 23.2 Å². The van der Waals surface area contributed by atoms with Gasteiger partial charge in [-0.25, -0.2) is 4.98 Å². The predicted molar refractivity (Wildman–Crippen MR) is 147 cm³/mol. The van der Waals surface area contributed by atoms with Gasteiger partial charge < -0.3 is 15.1 Å². The van der Waals surface area contributed by atoms with Crippen LogP contribution in [0.25, 0.3) is 0 Å². The minimum Gasteiger partial charge on any atom is -0.368 e. The molecule has 3 aromatic rings. The van der Waals surface area contributed by atoms with Crippen LogP contribution in [0, 0.1) is 0 Å². The normalized spacial score (nSPS) is 20.5. The summed E-state index contributed by atoms with van der Waals surface area (Å²) in [5.74, 6) is 0.728. The van der Waals surface area contributed by atoms with Crippen molar-refractivity contribution in [2.24, 2.45) is 0 Å². The SMILES string of the molecule is C[C@@H]1CN(c2ccc(Nc3ncc4c(n3)N(C)CN(c3c(Cl)cccc3Cl)C4=O)cc2)C[C@H](C)N1C. The van der Waals surface area contributed by atoms with E-state index in [0.29, 0.717) is 45.1 Å². The van der Waals surface area contributed by atoms with Gasteiger partial charge in [0.2, 0.25) is 5.95 Å². The second kappa shape index (κ2) is 9.76. The molecule has 1 saturated heterocycles. The summed E-state index contributed by atoms with van der Waals surface area (Å²) in [5, 5.41) is 4.09. The average molecular weight is 526 g/mol. The Morgan fingerprint density at radius 3 is 2.25 bits per heavy atom. The molecule has 1 aromatic heterocycles. The minimum atomic E-state index is -0.246. The molecular weight excluding hydrogens is 497 g/mol. The van der Waals surface area contributed by atoms with Crippen molar-refractivity contribution in [3.63, 3.8) is 0 Å². The van der Waals surface area contributed by atoms with Gasteiger partial charge in [-0.15, -0.1) is 0 Å². The molecular formula is C26H29Cl2N7O. The molecule has 5 rings (SSSR count). The number of nitrogens with zero attached hydrogens (tertiary/aromatic N) is 6. The van der Waals surface area contributed by atoms with Crippen LogP contribution < -0.4 is 20.0 Å². The highest BCUT2D eigenvalue weighted by molar-refractivity contribution is 6.40. The molecule has 2 atom stereocenters. The number of likely N-dealkylation sites (N-methyl/N-ethyl adjacent to an activating group) is 1. The number of halogens is 2. The molecule has 1 fully saturated rings. The zero-order chi connectivity index (χ0) is 25.6. The molecule has 1 N–H and O–H groups in total. The van der Waals surface area contributed by atoms with Crippen molar-refractivity contribution in [3.05, 3.63) is 64.3 Å². The molecule has 2 aromatic carbocycles. The van der Waals surface area contributed by atoms with Crippen LogP contribution in [0.2, 0.25) is 10.0 Å². The Bertz CT molecular complexity index is 1250. The number of rotatable bonds is 4. The number of fused-ring (bicyclic) bond motifs is 1. The molecule has 0 radical (unpaired) electrons. The molecule has 10 heteroatoms. The summed E-state index contributed by atoms with van der Waals surface area (Å²) in [6.07, 6.45) is 1.54. The van der Waals surface area contributed by atoms with E-state index in [9.17, 15) is 4.79 Å². The van der Waals surface area contributed by atoms with Gasteiger partial charge in [0.1, 0.15) is 11.4 Å². The summed E-state index contributed by atoms with van der Waals surface area (Å²) in [6, 6.07) is 14.5. The van der Waals surface area contributed by atoms with Gasteiger partial charge in [0.25, 0.3) is 5.91 Å². The molecule has 8 nitrogen and oxygen atoms in total. The van der Waals surface area contributed by atoms with Gasteiger partial charge in [-0.3, -0.25) is 14.6 Å². The van der Waals surface area contributed by atoms with Crippen molar-refractivity contribution in [1.29, 1.82) is 0 Å². The van der Waals surface area contributed by atoms with Crippen LogP contribution in [0.15, 0.2) is 48.7 Å². The van der Waals surface area contributed by atoms with Crippen LogP contribution in [0.4, 0.5) is 28.8 Å². The number of para-hydroxylation sites is 1. The molecule has 36 heavy (non-hydrogen) atoms. The number of carbonyl (C=O) groups is 1. The smallest absolute Gasteiger partial charge is 0.265 e. The van der Waals surface area contributed by atoms with E-state index in [1.165, 1.54) is 5.69 Å². The van der Waals surface area contributed by atoms with E-state index in [0.717, 1.165) is 18.8 Å². The van der Waals surface area contributed by atoms with E-state index < -0.39 is 0 Å². The predicted octanol–water partition coefficient (Wildman–Crippen LogP) is 5.11. The van der Waals surface area contributed by atoms with Gasteiger partial charge in [0.05, 0.1) is 22.4 Å². The number of aromatic nitrogens is 2. The first kappa shape index (κ1) is 24.6. The lowest BCUT2D eigenvalue weighted by Crippen LogP contribution is -2.55. The van der Waals surface area contributed by atoms with Gasteiger partial charge in [-0.2, -0.15) is 4.98 Å². The Kier molecular flexibility index (Phi) is 6.68. The summed E-state index contributed by atoms with van der Waals surface area (Å²) in [6.45, 7) is 6.78. The summed E-state index contributed by atoms with van der Waals surface area (Å²) in [4.78, 5) is 30.6. The van der Waals surface area contributed by atoms with E-state index in [1.54, 1.807) is 29.3 Å². The summed E-state index contributed by atoms with van der Waals surface area (Å²) in [7, 11) is 4.05. The molecule has 0 saturated carbocycles. The fourth-order valence-corrected chi connectivity index (χ4v) is 5.38. The maximum absolute atomic E-state index is 13.3. The highest BCUT2D eigenvalue weighted by atomic mass is 35.5. The van der Waals surface area contributed by atoms with E-state index in [-0.39, 0.29) is 12.6 Å². The number of hydrogen-bond donors (Lipinski definition) is 1. The van der Waals surface area contributed by atoms with E-state index in [4.69, 9.17) is 23.2 Å². The molecule has 2 aliphatic heterocycles. The molecule has 0 spiro atoms. The lowest BCUT2D eigenvalue weighted by molar-refractivity contribution is 0.0982. The Morgan fingerprint density at radius 2 is 1.61 bits per heavy atom. The van der Waals surface area contributed by atoms with Crippen LogP contribution in [-0.2, 0) is 0 Å². The lowest BCUT2D eigenvalue weighted by Gasteiger charge is -2.43. The van der Waals surface area contributed by atoms with Crippen molar-refractivity contribution in [1.82, 2.24) is 14.9 Å². The first-order valence-electron chi connectivity index (χ1n) is 11.9. The molecule has 0 bridgehead atoms. The summed E-state index contributed by atoms with van der Waals surface area (Å²) in [5.41, 5.74) is 2.94. The first-order valence-corrected chi connectivity index (χ1v) is 12.7. The average Bonchev–Trinajstić information content (AvgIpc) is 2.85. The maximum atomic E-state index is 13.3. The fraction of sp³-hybridized carbons (Fsp3) is 0.346. The molecule has 1 amide bonds. The number of piperazine rings is 1. The third-order valence-electron chi connectivity index (χ3n) is 7.02. The summed E-state index contributed by atoms with van der Waals surface area (Å²) >= 11 is 12.7. The number of nitrogens with one attached hydrogen (secondary N) is 1. The number of hydrogen-bond acceptors (Lipinski definition) is 7. The Hall–Kier alpha value is -3.07. The van der Waals surface area contributed by atoms with Gasteiger partial charge in [0.15, 0.2) is 0 Å². The Balaban J connectivity index is 1.33. The maximum Gasteiger partial charge on any atom is 0.265 e. The van der Waals surface area contributed by atoms with Gasteiger partial charge in [-0.05, 0) is 57.3 Å². The number of benzene rings is 2. The monoisotopic (exact) mass is 525 g/mol. The largest absolute Gasteiger partial charge is 0.368 e. The standard InChI is InChI=1S/C26H29Cl2N7O/c1-16-13-34(14-17(2)33(16)4)19-10-8-18(9-11-19)30-26-29-12-20-24(31-26)32(3)15-35(25(20)36)23-21(27)6-5-7-22(23)28/h5-12,16-17H,13-15H2,1-4H3,(H,29,30,31)/t16-,17+. The van der Waals surface area contributed by atoms with E-state index in [2.05, 4.69) is 58.1 Å². The van der Waals surface area contributed by atoms with Gasteiger partial charge in [-0.1, -0.05) is 29.3 Å². The van der Waals surface area contributed by atoms with Crippen molar-refractivity contribution < 1.29 is 4.79 Å². The van der Waals surface area contributed by atoms with Crippen molar-refractivity contribution in [3.8, 4) is 0 Å². The summed E-state index contributed by atoms with van der Waals surface area (Å²) < 4.78 is 0. The minimum absolute atomic E-state index is 0.246. The third kappa shape index (κ3) is 4.56. The molecule has 0 unspecified atom stereocenters. The Labute approximate surface area is 221 Å². The van der Waals surface area contributed by atoms with Crippen LogP contribution in [0.3, 0.4) is 0 Å². The molecule has 188 valence electrons. The number of carbonyl (C=O) groups excluding carboxylic acids is 1. The van der Waals surface area contributed by atoms with E-state index in [1.807, 2.05) is 24.1 Å². The number of anilines is 5. The molecule has 0 aliphatic carbocycles. The highest BCUT2D eigenvalue weighted by Gasteiger charge is 2.33. The third-order valence-corrected chi connectivity index (χ3v) is 7.63. The zero-order valence-electron chi connectivity index (χ0n) is 20.7. The van der Waals surface area contributed by atoms with Crippen LogP contribution in [0.1, 0.15) is 24.2 Å². The quantitative estimate of drug-likeness (QED) is 0.507. The van der Waals surface area contributed by atoms with Crippen molar-refractivity contribution >= 4 is 57.9 Å². The molecule has 2 aliphatic rings. The topological polar surface area (TPSA) is 67.8 Å². The second-order valence-electron chi connectivity index (χ2n) is 9.51. The molecule has 3 heterocycles. The second-order valence-corrected chi connectivity index (χ2v) is 10.3. The zero-order valence-corrected chi connectivity index (χ0v) is 22.3. The van der Waals surface area contributed by atoms with Crippen molar-refractivity contribution in [2.75, 3.05) is 53.9 Å². The number of amides is 1. The van der Waals surface area contributed by atoms with Crippen molar-refractivity contribution in [2.45, 2.75) is 25.9 Å². The van der Waals surface area contributed by atoms with Gasteiger partial charge in [0, 0.05) is 49.8 Å². The van der Waals surface area contributed by atoms with Crippen LogP contribution in [0.5, 0.6) is 0 Å². The van der Waals surface area contributed by atoms with Crippen LogP contribution in [-0.4, -0.2) is 66.7 Å². The van der Waals surface area contributed by atoms with Gasteiger partial charge >= 0.3 is 0 Å². The highest BCUT2D eigenvalue weighted by Crippen LogP contribution is 2.37. The fourth-order valence-electron chi connectivity index (χ4n) is 4.78. The Morgan fingerprint density at radius 1 is 0.972 bits per heavy atom.